The number of rotatable bonds is 5. The molecular weight excluding hydrogens is 286 g/mol. The summed E-state index contributed by atoms with van der Waals surface area (Å²) in [5.41, 5.74) is 6.61. The lowest BCUT2D eigenvalue weighted by Gasteiger charge is -1.98. The third kappa shape index (κ3) is 3.70. The molecule has 1 heterocycles. The van der Waals surface area contributed by atoms with E-state index < -0.39 is 0 Å². The molecule has 3 N–H and O–H groups in total. The summed E-state index contributed by atoms with van der Waals surface area (Å²) in [5.74, 6) is 0.383. The van der Waals surface area contributed by atoms with Crippen LogP contribution in [0.5, 0.6) is 0 Å². The Morgan fingerprint density at radius 2 is 2.14 bits per heavy atom. The lowest BCUT2D eigenvalue weighted by molar-refractivity contribution is -0.112. The van der Waals surface area contributed by atoms with Crippen molar-refractivity contribution < 1.29 is 4.79 Å². The number of carbonyl (C=O) groups excluding carboxylic acids is 1. The summed E-state index contributed by atoms with van der Waals surface area (Å²) in [7, 11) is 0. The van der Waals surface area contributed by atoms with E-state index in [1.165, 1.54) is 6.92 Å². The van der Waals surface area contributed by atoms with E-state index in [0.717, 1.165) is 17.3 Å². The van der Waals surface area contributed by atoms with Crippen LogP contribution in [0, 0.1) is 11.3 Å². The van der Waals surface area contributed by atoms with Gasteiger partial charge in [-0.15, -0.1) is 5.10 Å². The fourth-order valence-corrected chi connectivity index (χ4v) is 2.28. The van der Waals surface area contributed by atoms with Gasteiger partial charge in [0.05, 0.1) is 5.75 Å². The molecule has 0 bridgehead atoms. The summed E-state index contributed by atoms with van der Waals surface area (Å²) in [4.78, 5) is 16.1. The number of Topliss-reactive ketones (excluding diaryl/α,β-unsaturated/α-hetero) is 1. The van der Waals surface area contributed by atoms with Crippen LogP contribution >= 0.6 is 11.8 Å². The molecule has 1 aromatic heterocycles. The fourth-order valence-electron chi connectivity index (χ4n) is 1.61. The van der Waals surface area contributed by atoms with Crippen LogP contribution in [0.1, 0.15) is 6.92 Å². The van der Waals surface area contributed by atoms with E-state index in [0.29, 0.717) is 11.0 Å². The zero-order chi connectivity index (χ0) is 15.2. The fraction of sp³-hybridized carbons (Fsp3) is 0.143. The van der Waals surface area contributed by atoms with Crippen LogP contribution in [0.3, 0.4) is 0 Å². The number of hydrogen-bond donors (Lipinski definition) is 2. The highest BCUT2D eigenvalue weighted by Crippen LogP contribution is 2.19. The molecule has 2 rings (SSSR count). The highest BCUT2D eigenvalue weighted by Gasteiger charge is 2.14. The third-order valence-corrected chi connectivity index (χ3v) is 3.48. The quantitative estimate of drug-likeness (QED) is 0.496. The van der Waals surface area contributed by atoms with Gasteiger partial charge in [0.25, 0.3) is 0 Å². The number of thioether (sulfide) groups is 1. The van der Waals surface area contributed by atoms with Crippen molar-refractivity contribution in [2.45, 2.75) is 12.1 Å². The van der Waals surface area contributed by atoms with Gasteiger partial charge < -0.3 is 5.73 Å². The maximum Gasteiger partial charge on any atom is 0.209 e. The Labute approximate surface area is 126 Å². The number of ketones is 1. The van der Waals surface area contributed by atoms with Crippen LogP contribution in [0.15, 0.2) is 46.8 Å². The predicted octanol–water partition coefficient (Wildman–Crippen LogP) is 1.89. The lowest BCUT2D eigenvalue weighted by Crippen LogP contribution is -2.10. The normalized spacial score (nSPS) is 11.6. The van der Waals surface area contributed by atoms with Gasteiger partial charge in [-0.2, -0.15) is 5.26 Å². The van der Waals surface area contributed by atoms with Gasteiger partial charge in [0.1, 0.15) is 11.6 Å². The molecule has 0 aliphatic carbocycles. The van der Waals surface area contributed by atoms with Gasteiger partial charge in [-0.25, -0.2) is 4.98 Å². The molecule has 0 fully saturated rings. The molecule has 0 aliphatic rings. The Bertz CT molecular complexity index is 710. The van der Waals surface area contributed by atoms with Crippen LogP contribution < -0.4 is 5.73 Å². The molecular formula is C14H13N5OS. The van der Waals surface area contributed by atoms with Gasteiger partial charge in [-0.3, -0.25) is 9.89 Å². The number of nitrogens with two attached hydrogens (primary N) is 1. The first kappa shape index (κ1) is 14.8. The van der Waals surface area contributed by atoms with Gasteiger partial charge in [0, 0.05) is 11.3 Å². The van der Waals surface area contributed by atoms with Crippen molar-refractivity contribution in [1.29, 1.82) is 5.26 Å². The minimum Gasteiger partial charge on any atom is -0.401 e. The highest BCUT2D eigenvalue weighted by molar-refractivity contribution is 7.99. The molecule has 1 aromatic carbocycles. The Morgan fingerprint density at radius 1 is 1.43 bits per heavy atom. The van der Waals surface area contributed by atoms with E-state index in [4.69, 9.17) is 11.0 Å². The van der Waals surface area contributed by atoms with Crippen molar-refractivity contribution in [3.05, 3.63) is 41.6 Å². The van der Waals surface area contributed by atoms with Crippen LogP contribution in [0.2, 0.25) is 0 Å². The minimum absolute atomic E-state index is 0.0127. The molecule has 0 amide bonds. The Kier molecular flexibility index (Phi) is 4.74. The van der Waals surface area contributed by atoms with Crippen molar-refractivity contribution in [3.8, 4) is 17.5 Å². The standard InChI is InChI=1S/C14H13N5OS/c1-9(16)11(7-15)12(20)8-21-14-17-13(18-19-14)10-5-3-2-4-6-10/h2-6H,8,16H2,1H3,(H,17,18,19). The summed E-state index contributed by atoms with van der Waals surface area (Å²) in [6.45, 7) is 1.53. The smallest absolute Gasteiger partial charge is 0.209 e. The van der Waals surface area contributed by atoms with E-state index in [-0.39, 0.29) is 22.8 Å². The largest absolute Gasteiger partial charge is 0.401 e. The average Bonchev–Trinajstić information content (AvgIpc) is 2.95. The summed E-state index contributed by atoms with van der Waals surface area (Å²) < 4.78 is 0. The summed E-state index contributed by atoms with van der Waals surface area (Å²) in [6.07, 6.45) is 0. The number of nitrogens with zero attached hydrogens (tertiary/aromatic N) is 3. The second-order valence-electron chi connectivity index (χ2n) is 4.21. The zero-order valence-corrected chi connectivity index (χ0v) is 12.1. The number of carbonyl (C=O) groups is 1. The number of nitrogens with one attached hydrogen (secondary N) is 1. The lowest BCUT2D eigenvalue weighted by atomic mass is 10.2. The van der Waals surface area contributed by atoms with Gasteiger partial charge in [-0.1, -0.05) is 42.1 Å². The predicted molar refractivity (Wildman–Crippen MR) is 80.1 cm³/mol. The maximum atomic E-state index is 11.8. The molecule has 7 heteroatoms. The van der Waals surface area contributed by atoms with E-state index in [2.05, 4.69) is 15.2 Å². The van der Waals surface area contributed by atoms with Crippen molar-refractivity contribution in [2.75, 3.05) is 5.75 Å². The molecule has 21 heavy (non-hydrogen) atoms. The van der Waals surface area contributed by atoms with Gasteiger partial charge in [0.2, 0.25) is 5.16 Å². The Balaban J connectivity index is 2.03. The zero-order valence-electron chi connectivity index (χ0n) is 11.3. The van der Waals surface area contributed by atoms with Gasteiger partial charge >= 0.3 is 0 Å². The first-order chi connectivity index (χ1) is 10.1. The number of aromatic amines is 1. The number of H-pyrrole nitrogens is 1. The van der Waals surface area contributed by atoms with Crippen LogP contribution in [0.25, 0.3) is 11.4 Å². The van der Waals surface area contributed by atoms with E-state index in [1.54, 1.807) is 0 Å². The number of benzene rings is 1. The maximum absolute atomic E-state index is 11.8. The molecule has 2 aromatic rings. The first-order valence-electron chi connectivity index (χ1n) is 6.12. The SMILES string of the molecule is CC(N)=C(C#N)C(=O)CSc1n[nH]c(-c2ccccc2)n1. The number of aromatic nitrogens is 3. The van der Waals surface area contributed by atoms with Crippen LogP contribution in [-0.2, 0) is 4.79 Å². The molecule has 0 atom stereocenters. The summed E-state index contributed by atoms with van der Waals surface area (Å²) in [5, 5.41) is 16.2. The van der Waals surface area contributed by atoms with E-state index >= 15 is 0 Å². The van der Waals surface area contributed by atoms with E-state index in [9.17, 15) is 4.79 Å². The molecule has 0 saturated carbocycles. The molecule has 0 saturated heterocycles. The molecule has 0 unspecified atom stereocenters. The number of allylic oxidation sites excluding steroid dienone is 2. The first-order valence-corrected chi connectivity index (χ1v) is 7.10. The van der Waals surface area contributed by atoms with Gasteiger partial charge in [-0.05, 0) is 6.92 Å². The van der Waals surface area contributed by atoms with Crippen molar-refractivity contribution >= 4 is 17.5 Å². The second-order valence-corrected chi connectivity index (χ2v) is 5.16. The molecule has 0 spiro atoms. The molecule has 106 valence electrons. The van der Waals surface area contributed by atoms with E-state index in [1.807, 2.05) is 36.4 Å². The average molecular weight is 299 g/mol. The minimum atomic E-state index is -0.325. The number of hydrogen-bond acceptors (Lipinski definition) is 6. The second kappa shape index (κ2) is 6.72. The van der Waals surface area contributed by atoms with Crippen molar-refractivity contribution in [1.82, 2.24) is 15.2 Å². The van der Waals surface area contributed by atoms with Crippen molar-refractivity contribution in [3.63, 3.8) is 0 Å². The third-order valence-electron chi connectivity index (χ3n) is 2.63. The number of nitriles is 1. The summed E-state index contributed by atoms with van der Waals surface area (Å²) in [6, 6.07) is 11.4. The topological polar surface area (TPSA) is 108 Å². The van der Waals surface area contributed by atoms with Gasteiger partial charge in [0.15, 0.2) is 11.6 Å². The Morgan fingerprint density at radius 3 is 2.76 bits per heavy atom. The van der Waals surface area contributed by atoms with Crippen molar-refractivity contribution in [2.24, 2.45) is 5.73 Å². The molecule has 0 aliphatic heterocycles. The molecule has 6 nitrogen and oxygen atoms in total. The highest BCUT2D eigenvalue weighted by atomic mass is 32.2. The molecule has 0 radical (unpaired) electrons. The monoisotopic (exact) mass is 299 g/mol. The Hall–Kier alpha value is -2.59. The van der Waals surface area contributed by atoms with Crippen LogP contribution in [0.4, 0.5) is 0 Å². The van der Waals surface area contributed by atoms with Crippen LogP contribution in [-0.4, -0.2) is 26.7 Å². The summed E-state index contributed by atoms with van der Waals surface area (Å²) >= 11 is 1.16.